The monoisotopic (exact) mass is 559 g/mol. The highest BCUT2D eigenvalue weighted by Gasteiger charge is 2.39. The molecule has 0 radical (unpaired) electrons. The molecular formula is C36H53N3O2. The van der Waals surface area contributed by atoms with Gasteiger partial charge < -0.3 is 15.0 Å². The van der Waals surface area contributed by atoms with Crippen LogP contribution in [0.4, 0.5) is 0 Å². The van der Waals surface area contributed by atoms with Crippen LogP contribution in [0.1, 0.15) is 88.3 Å². The van der Waals surface area contributed by atoms with E-state index in [4.69, 9.17) is 4.74 Å². The Bertz CT molecular complexity index is 1100. The number of ether oxygens (including phenoxy) is 1. The van der Waals surface area contributed by atoms with Gasteiger partial charge >= 0.3 is 0 Å². The van der Waals surface area contributed by atoms with Crippen molar-refractivity contribution in [2.24, 2.45) is 0 Å². The maximum atomic E-state index is 13.8. The Labute approximate surface area is 249 Å². The Balaban J connectivity index is 1.27. The molecule has 1 N–H and O–H groups in total. The van der Waals surface area contributed by atoms with Gasteiger partial charge in [-0.3, -0.25) is 9.69 Å². The van der Waals surface area contributed by atoms with Crippen LogP contribution in [0.2, 0.25) is 0 Å². The summed E-state index contributed by atoms with van der Waals surface area (Å²) in [5.41, 5.74) is 3.76. The van der Waals surface area contributed by atoms with E-state index >= 15 is 0 Å². The van der Waals surface area contributed by atoms with E-state index in [1.54, 1.807) is 0 Å². The second-order valence-electron chi connectivity index (χ2n) is 13.3. The molecule has 2 unspecified atom stereocenters. The number of nitrogens with one attached hydrogen (secondary N) is 1. The van der Waals surface area contributed by atoms with Gasteiger partial charge in [-0.2, -0.15) is 0 Å². The van der Waals surface area contributed by atoms with Crippen LogP contribution in [0.5, 0.6) is 5.75 Å². The van der Waals surface area contributed by atoms with Gasteiger partial charge in [0.1, 0.15) is 5.75 Å². The number of ketones is 1. The van der Waals surface area contributed by atoms with Crippen molar-refractivity contribution in [3.8, 4) is 5.75 Å². The first-order chi connectivity index (χ1) is 19.9. The normalized spacial score (nSPS) is 25.2. The van der Waals surface area contributed by atoms with Crippen molar-refractivity contribution < 1.29 is 9.53 Å². The second-order valence-corrected chi connectivity index (χ2v) is 13.3. The Morgan fingerprint density at radius 2 is 1.76 bits per heavy atom. The van der Waals surface area contributed by atoms with Crippen LogP contribution in [0.25, 0.3) is 0 Å². The molecule has 5 rings (SSSR count). The van der Waals surface area contributed by atoms with E-state index in [9.17, 15) is 4.79 Å². The predicted molar refractivity (Wildman–Crippen MR) is 169 cm³/mol. The molecule has 0 aromatic heterocycles. The zero-order chi connectivity index (χ0) is 28.7. The van der Waals surface area contributed by atoms with Gasteiger partial charge in [0, 0.05) is 38.6 Å². The molecule has 2 heterocycles. The van der Waals surface area contributed by atoms with Crippen molar-refractivity contribution in [2.75, 3.05) is 39.3 Å². The van der Waals surface area contributed by atoms with Gasteiger partial charge in [-0.25, -0.2) is 0 Å². The zero-order valence-corrected chi connectivity index (χ0v) is 25.9. The number of hydrogen-bond donors (Lipinski definition) is 1. The van der Waals surface area contributed by atoms with E-state index in [2.05, 4.69) is 52.4 Å². The first kappa shape index (κ1) is 30.3. The first-order valence-corrected chi connectivity index (χ1v) is 16.5. The van der Waals surface area contributed by atoms with E-state index in [1.165, 1.54) is 69.4 Å². The number of carbonyl (C=O) groups excluding carboxylic acids is 1. The summed E-state index contributed by atoms with van der Waals surface area (Å²) in [6, 6.07) is 18.0. The summed E-state index contributed by atoms with van der Waals surface area (Å²) in [5, 5.41) is 3.66. The third-order valence-electron chi connectivity index (χ3n) is 9.92. The van der Waals surface area contributed by atoms with Gasteiger partial charge in [0.2, 0.25) is 0 Å². The van der Waals surface area contributed by atoms with Crippen molar-refractivity contribution in [3.05, 3.63) is 65.2 Å². The fraction of sp³-hybridized carbons (Fsp3) is 0.639. The molecule has 1 aliphatic carbocycles. The molecular weight excluding hydrogens is 506 g/mol. The summed E-state index contributed by atoms with van der Waals surface area (Å²) in [5.74, 6) is 1.14. The maximum Gasteiger partial charge on any atom is 0.154 e. The molecule has 5 nitrogen and oxygen atoms in total. The lowest BCUT2D eigenvalue weighted by molar-refractivity contribution is -0.120. The molecule has 2 aromatic carbocycles. The number of piperazine rings is 1. The van der Waals surface area contributed by atoms with Gasteiger partial charge in [0.15, 0.2) is 5.78 Å². The van der Waals surface area contributed by atoms with E-state index in [0.717, 1.165) is 56.1 Å². The summed E-state index contributed by atoms with van der Waals surface area (Å²) in [6.45, 7) is 13.0. The number of Topliss-reactive ketones (excluding diaryl/α,β-unsaturated/α-hetero) is 1. The molecule has 0 amide bonds. The average Bonchev–Trinajstić information content (AvgIpc) is 3.21. The molecule has 0 bridgehead atoms. The lowest BCUT2D eigenvalue weighted by atomic mass is 9.69. The highest BCUT2D eigenvalue weighted by molar-refractivity contribution is 5.86. The lowest BCUT2D eigenvalue weighted by Crippen LogP contribution is -2.51. The predicted octanol–water partition coefficient (Wildman–Crippen LogP) is 6.31. The smallest absolute Gasteiger partial charge is 0.154 e. The molecule has 2 aromatic rings. The third-order valence-corrected chi connectivity index (χ3v) is 9.92. The first-order valence-electron chi connectivity index (χ1n) is 16.5. The summed E-state index contributed by atoms with van der Waals surface area (Å²) >= 11 is 0. The fourth-order valence-electron chi connectivity index (χ4n) is 7.53. The SMILES string of the molecule is Cc1ccc(C2(CCN3CCN(C4CCCCC4)CC3)CCCNC(C(=O)Cc3cccc(OC(C)C)c3)C2)cc1. The van der Waals surface area contributed by atoms with E-state index in [0.29, 0.717) is 12.2 Å². The molecule has 0 spiro atoms. The van der Waals surface area contributed by atoms with Crippen LogP contribution in [0.3, 0.4) is 0 Å². The quantitative estimate of drug-likeness (QED) is 0.369. The number of nitrogens with zero attached hydrogens (tertiary/aromatic N) is 2. The van der Waals surface area contributed by atoms with Crippen molar-refractivity contribution in [1.29, 1.82) is 0 Å². The van der Waals surface area contributed by atoms with Gasteiger partial charge in [0.05, 0.1) is 12.1 Å². The number of hydrogen-bond acceptors (Lipinski definition) is 5. The number of benzene rings is 2. The Morgan fingerprint density at radius 1 is 1.00 bits per heavy atom. The van der Waals surface area contributed by atoms with Crippen molar-refractivity contribution in [1.82, 2.24) is 15.1 Å². The molecule has 224 valence electrons. The summed E-state index contributed by atoms with van der Waals surface area (Å²) in [6.07, 6.45) is 11.8. The minimum Gasteiger partial charge on any atom is -0.491 e. The number of rotatable bonds is 10. The minimum absolute atomic E-state index is 0.0145. The molecule has 3 aliphatic rings. The van der Waals surface area contributed by atoms with Crippen LogP contribution in [0, 0.1) is 6.92 Å². The number of aryl methyl sites for hydroxylation is 1. The molecule has 2 atom stereocenters. The Hall–Kier alpha value is -2.21. The summed E-state index contributed by atoms with van der Waals surface area (Å²) < 4.78 is 5.90. The molecule has 41 heavy (non-hydrogen) atoms. The zero-order valence-electron chi connectivity index (χ0n) is 25.9. The van der Waals surface area contributed by atoms with E-state index in [1.807, 2.05) is 32.0 Å². The van der Waals surface area contributed by atoms with Gasteiger partial charge in [-0.1, -0.05) is 61.2 Å². The van der Waals surface area contributed by atoms with Crippen molar-refractivity contribution >= 4 is 5.78 Å². The van der Waals surface area contributed by atoms with Gasteiger partial charge in [-0.05, 0) is 101 Å². The van der Waals surface area contributed by atoms with Crippen LogP contribution in [0.15, 0.2) is 48.5 Å². The van der Waals surface area contributed by atoms with Crippen molar-refractivity contribution in [2.45, 2.75) is 109 Å². The van der Waals surface area contributed by atoms with Crippen LogP contribution >= 0.6 is 0 Å². The highest BCUT2D eigenvalue weighted by atomic mass is 16.5. The summed E-state index contributed by atoms with van der Waals surface area (Å²) in [4.78, 5) is 19.3. The van der Waals surface area contributed by atoms with Crippen LogP contribution < -0.4 is 10.1 Å². The van der Waals surface area contributed by atoms with Crippen LogP contribution in [-0.4, -0.2) is 73.0 Å². The Morgan fingerprint density at radius 3 is 2.49 bits per heavy atom. The highest BCUT2D eigenvalue weighted by Crippen LogP contribution is 2.40. The second kappa shape index (κ2) is 14.3. The average molecular weight is 560 g/mol. The topological polar surface area (TPSA) is 44.8 Å². The maximum absolute atomic E-state index is 13.8. The third kappa shape index (κ3) is 8.21. The molecule has 1 saturated carbocycles. The van der Waals surface area contributed by atoms with Crippen LogP contribution in [-0.2, 0) is 16.6 Å². The van der Waals surface area contributed by atoms with E-state index < -0.39 is 0 Å². The molecule has 2 saturated heterocycles. The summed E-state index contributed by atoms with van der Waals surface area (Å²) in [7, 11) is 0. The van der Waals surface area contributed by atoms with Gasteiger partial charge in [0.25, 0.3) is 0 Å². The fourth-order valence-corrected chi connectivity index (χ4v) is 7.53. The molecule has 3 fully saturated rings. The largest absolute Gasteiger partial charge is 0.491 e. The molecule has 2 aliphatic heterocycles. The number of carbonyl (C=O) groups is 1. The van der Waals surface area contributed by atoms with Crippen molar-refractivity contribution in [3.63, 3.8) is 0 Å². The Kier molecular flexibility index (Phi) is 10.6. The van der Waals surface area contributed by atoms with Gasteiger partial charge in [-0.15, -0.1) is 0 Å². The minimum atomic E-state index is -0.128. The standard InChI is InChI=1S/C36H53N3O2/c1-28(2)41-33-12-7-9-30(25-33)26-35(40)34-27-36(17-8-19-37-34,31-15-13-29(3)14-16-31)18-20-38-21-23-39(24-22-38)32-10-5-4-6-11-32/h7,9,12-16,25,28,32,34,37H,4-6,8,10-11,17-24,26-27H2,1-3H3. The van der Waals surface area contributed by atoms with E-state index in [-0.39, 0.29) is 17.6 Å². The lowest BCUT2D eigenvalue weighted by Gasteiger charge is -2.42. The molecule has 5 heteroatoms.